The van der Waals surface area contributed by atoms with Gasteiger partial charge in [-0.25, -0.2) is 0 Å². The van der Waals surface area contributed by atoms with Crippen molar-refractivity contribution in [2.24, 2.45) is 23.3 Å². The molecule has 0 unspecified atom stereocenters. The van der Waals surface area contributed by atoms with Crippen LogP contribution in [0.15, 0.2) is 30.3 Å². The number of benzene rings is 1. The van der Waals surface area contributed by atoms with Crippen molar-refractivity contribution >= 4 is 70.9 Å². The van der Waals surface area contributed by atoms with Crippen molar-refractivity contribution in [3.05, 3.63) is 35.9 Å². The maximum atomic E-state index is 14.1. The van der Waals surface area contributed by atoms with Gasteiger partial charge in [0.1, 0.15) is 48.3 Å². The number of carboxylic acid groups (broad SMARTS) is 1. The van der Waals surface area contributed by atoms with Crippen molar-refractivity contribution in [3.63, 3.8) is 0 Å². The zero-order chi connectivity index (χ0) is 50.4. The number of carboxylic acids is 1. The third kappa shape index (κ3) is 19.5. The van der Waals surface area contributed by atoms with Gasteiger partial charge in [-0.1, -0.05) is 58.0 Å². The van der Waals surface area contributed by atoms with Crippen molar-refractivity contribution in [3.8, 4) is 0 Å². The zero-order valence-electron chi connectivity index (χ0n) is 39.1. The first-order chi connectivity index (χ1) is 31.6. The molecule has 374 valence electrons. The fraction of sp³-hybridized carbons (Fsp3) is 0.636. The average Bonchev–Trinajstić information content (AvgIpc) is 3.61. The van der Waals surface area contributed by atoms with Gasteiger partial charge in [0.05, 0.1) is 13.0 Å². The highest BCUT2D eigenvalue weighted by atomic mass is 32.2. The number of amides is 9. The van der Waals surface area contributed by atoms with Gasteiger partial charge in [-0.15, -0.1) is 0 Å². The summed E-state index contributed by atoms with van der Waals surface area (Å²) in [4.78, 5) is 133. The number of nitrogens with two attached hydrogens (primary N) is 2. The lowest BCUT2D eigenvalue weighted by Crippen LogP contribution is -2.61. The van der Waals surface area contributed by atoms with Crippen LogP contribution in [0, 0.1) is 11.8 Å². The molecule has 1 aliphatic heterocycles. The van der Waals surface area contributed by atoms with Crippen LogP contribution in [0.1, 0.15) is 85.1 Å². The van der Waals surface area contributed by atoms with Gasteiger partial charge in [-0.2, -0.15) is 11.8 Å². The molecule has 0 aromatic heterocycles. The van der Waals surface area contributed by atoms with Gasteiger partial charge in [0.25, 0.3) is 0 Å². The lowest BCUT2D eigenvalue weighted by Gasteiger charge is -2.30. The Kier molecular flexibility index (Phi) is 24.9. The SMILES string of the molecule is CSCC[C@H](NC(=O)[C@H](CC(C)C)N1CC[C@@H](NC(=O)[C@@H](NC(=O)[C@H](Cc2ccccc2)NC(=O)[C@H](CO)NC(=O)[C@H](CC(=O)O)NC(=O)[C@H](CCCCN)NC(C)=O)C(C)C)C1=O)C(N)=O. The highest BCUT2D eigenvalue weighted by Gasteiger charge is 2.42. The van der Waals surface area contributed by atoms with Crippen molar-refractivity contribution in [1.29, 1.82) is 0 Å². The number of rotatable bonds is 30. The van der Waals surface area contributed by atoms with E-state index in [-0.39, 0.29) is 38.1 Å². The van der Waals surface area contributed by atoms with E-state index >= 15 is 0 Å². The van der Waals surface area contributed by atoms with Gasteiger partial charge in [0.15, 0.2) is 0 Å². The number of aliphatic carboxylic acids is 1. The number of carbonyl (C=O) groups is 10. The molecule has 0 aliphatic carbocycles. The molecular weight excluding hydrogens is 893 g/mol. The zero-order valence-corrected chi connectivity index (χ0v) is 39.9. The van der Waals surface area contributed by atoms with Crippen LogP contribution in [0.5, 0.6) is 0 Å². The number of hydrogen-bond donors (Lipinski definition) is 11. The van der Waals surface area contributed by atoms with Gasteiger partial charge in [-0.05, 0) is 74.5 Å². The Balaban J connectivity index is 2.29. The summed E-state index contributed by atoms with van der Waals surface area (Å²) in [6.45, 7) is 7.64. The Hall–Kier alpha value is -5.81. The van der Waals surface area contributed by atoms with Crippen molar-refractivity contribution < 1.29 is 58.2 Å². The number of nitrogens with one attached hydrogen (secondary N) is 7. The fourth-order valence-corrected chi connectivity index (χ4v) is 7.74. The molecule has 0 spiro atoms. The molecule has 1 fully saturated rings. The first kappa shape index (κ1) is 57.3. The number of hydrogen-bond acceptors (Lipinski definition) is 13. The Labute approximate surface area is 395 Å². The predicted octanol–water partition coefficient (Wildman–Crippen LogP) is -2.22. The van der Waals surface area contributed by atoms with Crippen LogP contribution in [0.25, 0.3) is 0 Å². The van der Waals surface area contributed by atoms with Crippen LogP contribution >= 0.6 is 11.8 Å². The van der Waals surface area contributed by atoms with Crippen LogP contribution in [-0.2, 0) is 54.4 Å². The molecule has 23 heteroatoms. The van der Waals surface area contributed by atoms with E-state index in [4.69, 9.17) is 11.5 Å². The van der Waals surface area contributed by atoms with Crippen molar-refractivity contribution in [1.82, 2.24) is 42.1 Å². The number of carbonyl (C=O) groups excluding carboxylic acids is 9. The smallest absolute Gasteiger partial charge is 0.305 e. The maximum Gasteiger partial charge on any atom is 0.305 e. The molecule has 1 heterocycles. The van der Waals surface area contributed by atoms with Gasteiger partial charge < -0.3 is 63.8 Å². The highest BCUT2D eigenvalue weighted by molar-refractivity contribution is 7.98. The number of unbranched alkanes of at least 4 members (excludes halogenated alkanes) is 1. The van der Waals surface area contributed by atoms with E-state index in [1.54, 1.807) is 44.2 Å². The van der Waals surface area contributed by atoms with E-state index < -0.39 is 126 Å². The monoisotopic (exact) mass is 962 g/mol. The number of likely N-dealkylation sites (tertiary alicyclic amines) is 1. The minimum atomic E-state index is -1.76. The Morgan fingerprint density at radius 2 is 1.34 bits per heavy atom. The molecule has 22 nitrogen and oxygen atoms in total. The van der Waals surface area contributed by atoms with Crippen molar-refractivity contribution in [2.75, 3.05) is 31.7 Å². The van der Waals surface area contributed by atoms with Crippen LogP contribution < -0.4 is 48.7 Å². The summed E-state index contributed by atoms with van der Waals surface area (Å²) in [5, 5.41) is 37.3. The predicted molar refractivity (Wildman–Crippen MR) is 248 cm³/mol. The summed E-state index contributed by atoms with van der Waals surface area (Å²) in [7, 11) is 0. The summed E-state index contributed by atoms with van der Waals surface area (Å²) in [5.74, 6) is -8.53. The molecule has 9 amide bonds. The standard InChI is InChI=1S/C44H70N10O12S/c1-24(2)20-34(42(64)48-28(37(46)59)16-19-67-6)54-18-15-30(44(54)66)49-43(65)36(25(3)4)53-40(62)31(21-27-12-8-7-9-13-27)50-41(63)33(23-55)52-39(61)32(22-35(57)58)51-38(60)29(47-26(5)56)14-10-11-17-45/h7-9,12-13,24-25,28-34,36,55H,10-11,14-23,45H2,1-6H3,(H2,46,59)(H,47,56)(H,48,64)(H,49,65)(H,50,63)(H,51,60)(H,52,61)(H,53,62)(H,57,58)/t28-,29-,30+,31-,32-,33-,34-,36-/m0/s1. The third-order valence-electron chi connectivity index (χ3n) is 10.8. The van der Waals surface area contributed by atoms with E-state index in [1.165, 1.54) is 23.6 Å². The summed E-state index contributed by atoms with van der Waals surface area (Å²) in [5.41, 5.74) is 11.7. The minimum Gasteiger partial charge on any atom is -0.481 e. The molecule has 1 aromatic carbocycles. The van der Waals surface area contributed by atoms with Gasteiger partial charge in [0, 0.05) is 19.9 Å². The first-order valence-electron chi connectivity index (χ1n) is 22.4. The first-order valence-corrected chi connectivity index (χ1v) is 23.8. The van der Waals surface area contributed by atoms with Crippen LogP contribution in [0.3, 0.4) is 0 Å². The van der Waals surface area contributed by atoms with E-state index in [2.05, 4.69) is 37.2 Å². The normalized spacial score (nSPS) is 16.7. The Morgan fingerprint density at radius 3 is 1.90 bits per heavy atom. The van der Waals surface area contributed by atoms with Gasteiger partial charge >= 0.3 is 5.97 Å². The number of thioether (sulfide) groups is 1. The molecule has 13 N–H and O–H groups in total. The van der Waals surface area contributed by atoms with Crippen LogP contribution in [0.2, 0.25) is 0 Å². The minimum absolute atomic E-state index is 0.0299. The number of nitrogens with zero attached hydrogens (tertiary/aromatic N) is 1. The molecule has 1 aliphatic rings. The van der Waals surface area contributed by atoms with Crippen molar-refractivity contribution in [2.45, 2.75) is 134 Å². The fourth-order valence-electron chi connectivity index (χ4n) is 7.27. The summed E-state index contributed by atoms with van der Waals surface area (Å²) < 4.78 is 0. The number of aliphatic hydroxyl groups is 1. The Morgan fingerprint density at radius 1 is 0.761 bits per heavy atom. The largest absolute Gasteiger partial charge is 0.481 e. The third-order valence-corrected chi connectivity index (χ3v) is 11.5. The maximum absolute atomic E-state index is 14.1. The topological polar surface area (TPSA) is 351 Å². The number of aliphatic hydroxyl groups excluding tert-OH is 1. The lowest BCUT2D eigenvalue weighted by molar-refractivity contribution is -0.141. The van der Waals surface area contributed by atoms with Crippen LogP contribution in [-0.4, -0.2) is 154 Å². The Bertz CT molecular complexity index is 1870. The molecule has 0 saturated carbocycles. The second-order valence-corrected chi connectivity index (χ2v) is 18.2. The lowest BCUT2D eigenvalue weighted by atomic mass is 10.00. The van der Waals surface area contributed by atoms with E-state index in [9.17, 15) is 58.2 Å². The molecular formula is C44H70N10O12S. The quantitative estimate of drug-likeness (QED) is 0.0364. The summed E-state index contributed by atoms with van der Waals surface area (Å²) >= 11 is 1.48. The molecule has 2 rings (SSSR count). The van der Waals surface area contributed by atoms with E-state index in [0.717, 1.165) is 0 Å². The molecule has 0 bridgehead atoms. The van der Waals surface area contributed by atoms with E-state index in [1.807, 2.05) is 20.1 Å². The number of primary amides is 1. The molecule has 8 atom stereocenters. The van der Waals surface area contributed by atoms with E-state index in [0.29, 0.717) is 37.1 Å². The second kappa shape index (κ2) is 29.1. The summed E-state index contributed by atoms with van der Waals surface area (Å²) in [6, 6.07) is -1.82. The van der Waals surface area contributed by atoms with Crippen LogP contribution in [0.4, 0.5) is 0 Å². The average molecular weight is 963 g/mol. The van der Waals surface area contributed by atoms with Gasteiger partial charge in [-0.3, -0.25) is 47.9 Å². The molecule has 0 radical (unpaired) electrons. The van der Waals surface area contributed by atoms with Gasteiger partial charge in [0.2, 0.25) is 53.2 Å². The molecule has 67 heavy (non-hydrogen) atoms. The second-order valence-electron chi connectivity index (χ2n) is 17.2. The summed E-state index contributed by atoms with van der Waals surface area (Å²) in [6.07, 6.45) is 2.57. The molecule has 1 aromatic rings. The highest BCUT2D eigenvalue weighted by Crippen LogP contribution is 2.21. The molecule has 1 saturated heterocycles.